The predicted octanol–water partition coefficient (Wildman–Crippen LogP) is 1.14. The number of aryl methyl sites for hydroxylation is 2. The Morgan fingerprint density at radius 3 is 2.69 bits per heavy atom. The largest absolute Gasteiger partial charge is 0.478 e. The minimum Gasteiger partial charge on any atom is -0.478 e. The number of hydrogen-bond acceptors (Lipinski definition) is 2. The van der Waals surface area contributed by atoms with Gasteiger partial charge >= 0.3 is 5.97 Å². The van der Waals surface area contributed by atoms with Gasteiger partial charge in [0.1, 0.15) is 0 Å². The highest BCUT2D eigenvalue weighted by Crippen LogP contribution is 2.04. The number of nitrogens with zero attached hydrogens (tertiary/aromatic N) is 2. The van der Waals surface area contributed by atoms with Crippen molar-refractivity contribution in [3.8, 4) is 0 Å². The third-order valence-corrected chi connectivity index (χ3v) is 1.75. The summed E-state index contributed by atoms with van der Waals surface area (Å²) in [5.74, 6) is -0.979. The van der Waals surface area contributed by atoms with E-state index in [0.717, 1.165) is 11.4 Å². The zero-order chi connectivity index (χ0) is 10.0. The van der Waals surface area contributed by atoms with Gasteiger partial charge in [0.15, 0.2) is 0 Å². The summed E-state index contributed by atoms with van der Waals surface area (Å²) in [6, 6.07) is 1.90. The Bertz CT molecular complexity index is 352. The van der Waals surface area contributed by atoms with Crippen LogP contribution in [0.3, 0.4) is 0 Å². The second-order valence-electron chi connectivity index (χ2n) is 2.99. The van der Waals surface area contributed by atoms with Crippen molar-refractivity contribution in [2.24, 2.45) is 0 Å². The lowest BCUT2D eigenvalue weighted by Gasteiger charge is -2.02. The molecular weight excluding hydrogens is 168 g/mol. The van der Waals surface area contributed by atoms with Crippen LogP contribution in [0.1, 0.15) is 11.4 Å². The summed E-state index contributed by atoms with van der Waals surface area (Å²) in [4.78, 5) is 10.5. The first-order chi connectivity index (χ1) is 6.00. The fourth-order valence-electron chi connectivity index (χ4n) is 1.08. The number of aromatic nitrogens is 2. The van der Waals surface area contributed by atoms with Gasteiger partial charge in [0.25, 0.3) is 0 Å². The summed E-state index contributed by atoms with van der Waals surface area (Å²) in [5.41, 5.74) is 1.97. The topological polar surface area (TPSA) is 55.1 Å². The van der Waals surface area contributed by atoms with Crippen molar-refractivity contribution < 1.29 is 9.90 Å². The number of carbonyl (C=O) groups is 1. The van der Waals surface area contributed by atoms with Crippen molar-refractivity contribution in [2.75, 3.05) is 0 Å². The van der Waals surface area contributed by atoms with E-state index in [9.17, 15) is 4.79 Å². The monoisotopic (exact) mass is 180 g/mol. The Kier molecular flexibility index (Phi) is 2.51. The lowest BCUT2D eigenvalue weighted by molar-refractivity contribution is -0.132. The number of rotatable bonds is 3. The molecule has 0 radical (unpaired) electrons. The molecule has 1 rings (SSSR count). The average molecular weight is 180 g/mol. The molecule has 1 aromatic rings. The quantitative estimate of drug-likeness (QED) is 0.709. The van der Waals surface area contributed by atoms with Gasteiger partial charge in [-0.15, -0.1) is 0 Å². The number of aliphatic carboxylic acids is 1. The first kappa shape index (κ1) is 9.51. The Labute approximate surface area is 76.5 Å². The van der Waals surface area contributed by atoms with Crippen LogP contribution in [0.5, 0.6) is 0 Å². The van der Waals surface area contributed by atoms with Gasteiger partial charge in [0.2, 0.25) is 0 Å². The van der Waals surface area contributed by atoms with E-state index in [-0.39, 0.29) is 12.1 Å². The standard InChI is InChI=1S/C9H12N2O2/c1-6(9(12)13)5-11-8(3)4-7(2)10-11/h4H,1,5H2,2-3H3,(H,12,13). The Morgan fingerprint density at radius 2 is 2.31 bits per heavy atom. The van der Waals surface area contributed by atoms with Crippen molar-refractivity contribution in [3.05, 3.63) is 29.6 Å². The molecule has 4 heteroatoms. The SMILES string of the molecule is C=C(Cn1nc(C)cc1C)C(=O)O. The molecule has 0 fully saturated rings. The highest BCUT2D eigenvalue weighted by atomic mass is 16.4. The van der Waals surface area contributed by atoms with Crippen LogP contribution in [-0.4, -0.2) is 20.9 Å². The van der Waals surface area contributed by atoms with Gasteiger partial charge in [-0.25, -0.2) is 4.79 Å². The Hall–Kier alpha value is -1.58. The summed E-state index contributed by atoms with van der Waals surface area (Å²) in [7, 11) is 0. The molecular formula is C9H12N2O2. The number of hydrogen-bond donors (Lipinski definition) is 1. The van der Waals surface area contributed by atoms with E-state index in [0.29, 0.717) is 0 Å². The maximum absolute atomic E-state index is 10.5. The van der Waals surface area contributed by atoms with E-state index in [1.807, 2.05) is 19.9 Å². The molecule has 1 N–H and O–H groups in total. The zero-order valence-corrected chi connectivity index (χ0v) is 7.74. The summed E-state index contributed by atoms with van der Waals surface area (Å²) in [6.45, 7) is 7.44. The molecule has 0 bridgehead atoms. The van der Waals surface area contributed by atoms with Crippen LogP contribution in [0.15, 0.2) is 18.2 Å². The van der Waals surface area contributed by atoms with Crippen LogP contribution < -0.4 is 0 Å². The fraction of sp³-hybridized carbons (Fsp3) is 0.333. The molecule has 0 atom stereocenters. The maximum Gasteiger partial charge on any atom is 0.332 e. The van der Waals surface area contributed by atoms with Crippen LogP contribution in [0, 0.1) is 13.8 Å². The summed E-state index contributed by atoms with van der Waals surface area (Å²) < 4.78 is 1.63. The number of carboxylic acids is 1. The number of carboxylic acid groups (broad SMARTS) is 1. The molecule has 1 aromatic heterocycles. The molecule has 0 aromatic carbocycles. The molecule has 0 amide bonds. The van der Waals surface area contributed by atoms with E-state index in [1.165, 1.54) is 0 Å². The van der Waals surface area contributed by atoms with Crippen molar-refractivity contribution in [1.82, 2.24) is 9.78 Å². The van der Waals surface area contributed by atoms with E-state index in [1.54, 1.807) is 4.68 Å². The second kappa shape index (κ2) is 3.43. The molecule has 70 valence electrons. The Morgan fingerprint density at radius 1 is 1.69 bits per heavy atom. The Balaban J connectivity index is 2.80. The normalized spacial score (nSPS) is 10.0. The van der Waals surface area contributed by atoms with E-state index in [2.05, 4.69) is 11.7 Å². The molecule has 0 aliphatic heterocycles. The van der Waals surface area contributed by atoms with Gasteiger partial charge in [-0.2, -0.15) is 5.10 Å². The van der Waals surface area contributed by atoms with Crippen molar-refractivity contribution >= 4 is 5.97 Å². The van der Waals surface area contributed by atoms with E-state index in [4.69, 9.17) is 5.11 Å². The molecule has 0 aliphatic carbocycles. The van der Waals surface area contributed by atoms with Gasteiger partial charge in [-0.05, 0) is 19.9 Å². The average Bonchev–Trinajstić information content (AvgIpc) is 2.30. The molecule has 0 unspecified atom stereocenters. The molecule has 4 nitrogen and oxygen atoms in total. The van der Waals surface area contributed by atoms with Crippen LogP contribution in [0.25, 0.3) is 0 Å². The van der Waals surface area contributed by atoms with Crippen molar-refractivity contribution in [2.45, 2.75) is 20.4 Å². The predicted molar refractivity (Wildman–Crippen MR) is 48.5 cm³/mol. The maximum atomic E-state index is 10.5. The van der Waals surface area contributed by atoms with Crippen LogP contribution in [-0.2, 0) is 11.3 Å². The summed E-state index contributed by atoms with van der Waals surface area (Å²) >= 11 is 0. The van der Waals surface area contributed by atoms with E-state index >= 15 is 0 Å². The van der Waals surface area contributed by atoms with Crippen molar-refractivity contribution in [3.63, 3.8) is 0 Å². The van der Waals surface area contributed by atoms with Gasteiger partial charge in [0, 0.05) is 5.69 Å². The highest BCUT2D eigenvalue weighted by molar-refractivity contribution is 5.85. The molecule has 0 spiro atoms. The van der Waals surface area contributed by atoms with Crippen LogP contribution in [0.4, 0.5) is 0 Å². The first-order valence-electron chi connectivity index (χ1n) is 3.93. The van der Waals surface area contributed by atoms with E-state index < -0.39 is 5.97 Å². The molecule has 0 saturated heterocycles. The molecule has 0 aliphatic rings. The van der Waals surface area contributed by atoms with Crippen molar-refractivity contribution in [1.29, 1.82) is 0 Å². The minimum atomic E-state index is -0.979. The first-order valence-corrected chi connectivity index (χ1v) is 3.93. The second-order valence-corrected chi connectivity index (χ2v) is 2.99. The summed E-state index contributed by atoms with van der Waals surface area (Å²) in [6.07, 6.45) is 0. The molecule has 1 heterocycles. The lowest BCUT2D eigenvalue weighted by Crippen LogP contribution is -2.10. The van der Waals surface area contributed by atoms with Crippen LogP contribution in [0.2, 0.25) is 0 Å². The highest BCUT2D eigenvalue weighted by Gasteiger charge is 2.07. The third-order valence-electron chi connectivity index (χ3n) is 1.75. The van der Waals surface area contributed by atoms with Gasteiger partial charge in [0.05, 0.1) is 17.8 Å². The zero-order valence-electron chi connectivity index (χ0n) is 7.74. The molecule has 13 heavy (non-hydrogen) atoms. The van der Waals surface area contributed by atoms with Gasteiger partial charge < -0.3 is 5.11 Å². The van der Waals surface area contributed by atoms with Crippen LogP contribution >= 0.6 is 0 Å². The third kappa shape index (κ3) is 2.18. The fourth-order valence-corrected chi connectivity index (χ4v) is 1.08. The minimum absolute atomic E-state index is 0.145. The lowest BCUT2D eigenvalue weighted by atomic mass is 10.3. The van der Waals surface area contributed by atoms with Gasteiger partial charge in [-0.3, -0.25) is 4.68 Å². The molecule has 0 saturated carbocycles. The smallest absolute Gasteiger partial charge is 0.332 e. The summed E-state index contributed by atoms with van der Waals surface area (Å²) in [5, 5.41) is 12.7. The van der Waals surface area contributed by atoms with Gasteiger partial charge in [-0.1, -0.05) is 6.58 Å².